The number of methoxy groups -OCH3 is 1. The zero-order valence-corrected chi connectivity index (χ0v) is 13.0. The van der Waals surface area contributed by atoms with Crippen LogP contribution in [0.25, 0.3) is 28.2 Å². The largest absolute Gasteiger partial charge is 0.481 e. The number of pyridine rings is 2. The number of fused-ring (bicyclic) bond motifs is 3. The van der Waals surface area contributed by atoms with Crippen molar-refractivity contribution >= 4 is 16.8 Å². The molecule has 7 heteroatoms. The Morgan fingerprint density at radius 1 is 1.00 bits per heavy atom. The van der Waals surface area contributed by atoms with Gasteiger partial charge in [0.05, 0.1) is 12.8 Å². The molecule has 0 bridgehead atoms. The minimum absolute atomic E-state index is 0.524. The summed E-state index contributed by atoms with van der Waals surface area (Å²) in [6.07, 6.45) is 3.57. The number of hydrogen-bond acceptors (Lipinski definition) is 6. The number of hydrogen-bond donors (Lipinski definition) is 0. The van der Waals surface area contributed by atoms with Crippen molar-refractivity contribution in [3.05, 3.63) is 41.9 Å². The SMILES string of the molecule is COc1ccc2nnc3c(C)nc(-c4ccncc4C)n3c2n1. The molecule has 114 valence electrons. The van der Waals surface area contributed by atoms with Gasteiger partial charge in [0.15, 0.2) is 11.3 Å². The third-order valence-electron chi connectivity index (χ3n) is 3.78. The quantitative estimate of drug-likeness (QED) is 0.566. The van der Waals surface area contributed by atoms with Gasteiger partial charge in [0.1, 0.15) is 11.3 Å². The third-order valence-corrected chi connectivity index (χ3v) is 3.78. The van der Waals surface area contributed by atoms with Crippen LogP contribution >= 0.6 is 0 Å². The Morgan fingerprint density at radius 2 is 1.87 bits per heavy atom. The first-order chi connectivity index (χ1) is 11.2. The number of ether oxygens (including phenoxy) is 1. The van der Waals surface area contributed by atoms with Gasteiger partial charge in [0, 0.05) is 24.0 Å². The second-order valence-electron chi connectivity index (χ2n) is 5.27. The molecule has 0 aliphatic rings. The summed E-state index contributed by atoms with van der Waals surface area (Å²) in [4.78, 5) is 13.4. The first kappa shape index (κ1) is 13.6. The fourth-order valence-electron chi connectivity index (χ4n) is 2.62. The lowest BCUT2D eigenvalue weighted by Crippen LogP contribution is -2.01. The van der Waals surface area contributed by atoms with Crippen LogP contribution in [0.5, 0.6) is 5.88 Å². The van der Waals surface area contributed by atoms with Crippen molar-refractivity contribution in [2.24, 2.45) is 0 Å². The van der Waals surface area contributed by atoms with E-state index in [2.05, 4.69) is 25.1 Å². The van der Waals surface area contributed by atoms with Crippen molar-refractivity contribution in [2.75, 3.05) is 7.11 Å². The number of nitrogens with zero attached hydrogens (tertiary/aromatic N) is 6. The van der Waals surface area contributed by atoms with Crippen LogP contribution in [-0.2, 0) is 0 Å². The molecule has 7 nitrogen and oxygen atoms in total. The monoisotopic (exact) mass is 306 g/mol. The fourth-order valence-corrected chi connectivity index (χ4v) is 2.62. The van der Waals surface area contributed by atoms with Crippen molar-refractivity contribution in [3.8, 4) is 17.3 Å². The summed E-state index contributed by atoms with van der Waals surface area (Å²) >= 11 is 0. The fraction of sp³-hybridized carbons (Fsp3) is 0.188. The highest BCUT2D eigenvalue weighted by atomic mass is 16.5. The second kappa shape index (κ2) is 4.98. The van der Waals surface area contributed by atoms with E-state index in [1.54, 1.807) is 19.4 Å². The van der Waals surface area contributed by atoms with E-state index in [-0.39, 0.29) is 0 Å². The van der Waals surface area contributed by atoms with Gasteiger partial charge in [0.25, 0.3) is 0 Å². The average molecular weight is 306 g/mol. The smallest absolute Gasteiger partial charge is 0.215 e. The molecule has 0 aliphatic heterocycles. The zero-order valence-electron chi connectivity index (χ0n) is 13.0. The molecule has 0 N–H and O–H groups in total. The molecule has 4 aromatic heterocycles. The van der Waals surface area contributed by atoms with Gasteiger partial charge in [-0.25, -0.2) is 4.98 Å². The highest BCUT2D eigenvalue weighted by molar-refractivity contribution is 5.78. The molecule has 4 heterocycles. The summed E-state index contributed by atoms with van der Waals surface area (Å²) in [5.41, 5.74) is 4.86. The van der Waals surface area contributed by atoms with Gasteiger partial charge in [-0.2, -0.15) is 4.98 Å². The Balaban J connectivity index is 2.16. The minimum atomic E-state index is 0.524. The summed E-state index contributed by atoms with van der Waals surface area (Å²) in [6, 6.07) is 5.55. The van der Waals surface area contributed by atoms with E-state index in [1.807, 2.05) is 36.6 Å². The Labute approximate surface area is 132 Å². The second-order valence-corrected chi connectivity index (χ2v) is 5.27. The van der Waals surface area contributed by atoms with Crippen molar-refractivity contribution in [1.82, 2.24) is 29.5 Å². The average Bonchev–Trinajstić information content (AvgIpc) is 2.92. The van der Waals surface area contributed by atoms with Crippen molar-refractivity contribution in [2.45, 2.75) is 13.8 Å². The van der Waals surface area contributed by atoms with E-state index < -0.39 is 0 Å². The number of aryl methyl sites for hydroxylation is 2. The van der Waals surface area contributed by atoms with Gasteiger partial charge in [-0.3, -0.25) is 9.38 Å². The van der Waals surface area contributed by atoms with Crippen molar-refractivity contribution in [3.63, 3.8) is 0 Å². The van der Waals surface area contributed by atoms with Crippen molar-refractivity contribution in [1.29, 1.82) is 0 Å². The molecule has 0 aromatic carbocycles. The van der Waals surface area contributed by atoms with Crippen LogP contribution in [-0.4, -0.2) is 36.7 Å². The van der Waals surface area contributed by atoms with Crippen LogP contribution in [0.15, 0.2) is 30.6 Å². The van der Waals surface area contributed by atoms with Gasteiger partial charge in [-0.1, -0.05) is 0 Å². The standard InChI is InChI=1S/C16H14N6O/c1-9-8-17-7-6-11(9)15-18-10(2)14-21-20-12-4-5-13(23-3)19-16(12)22(14)15/h4-8H,1-3H3. The highest BCUT2D eigenvalue weighted by Gasteiger charge is 2.17. The van der Waals surface area contributed by atoms with E-state index in [4.69, 9.17) is 4.74 Å². The first-order valence-electron chi connectivity index (χ1n) is 7.16. The Morgan fingerprint density at radius 3 is 2.65 bits per heavy atom. The predicted octanol–water partition coefficient (Wildman–Crippen LogP) is 2.36. The third kappa shape index (κ3) is 2.01. The van der Waals surface area contributed by atoms with Crippen LogP contribution in [0.2, 0.25) is 0 Å². The number of rotatable bonds is 2. The molecule has 4 rings (SSSR count). The lowest BCUT2D eigenvalue weighted by atomic mass is 10.1. The molecular weight excluding hydrogens is 292 g/mol. The van der Waals surface area contributed by atoms with Crippen LogP contribution in [0, 0.1) is 13.8 Å². The van der Waals surface area contributed by atoms with Crippen LogP contribution in [0.1, 0.15) is 11.3 Å². The van der Waals surface area contributed by atoms with Crippen LogP contribution in [0.3, 0.4) is 0 Å². The van der Waals surface area contributed by atoms with Crippen molar-refractivity contribution < 1.29 is 4.74 Å². The molecule has 0 atom stereocenters. The molecule has 0 radical (unpaired) electrons. The molecule has 0 aliphatic carbocycles. The summed E-state index contributed by atoms with van der Waals surface area (Å²) in [6.45, 7) is 3.92. The molecule has 0 fully saturated rings. The highest BCUT2D eigenvalue weighted by Crippen LogP contribution is 2.26. The van der Waals surface area contributed by atoms with E-state index in [9.17, 15) is 0 Å². The van der Waals surface area contributed by atoms with Crippen LogP contribution < -0.4 is 4.74 Å². The molecule has 0 saturated carbocycles. The van der Waals surface area contributed by atoms with E-state index in [1.165, 1.54) is 0 Å². The molecule has 4 aromatic rings. The molecule has 0 saturated heterocycles. The van der Waals surface area contributed by atoms with E-state index in [0.717, 1.165) is 22.6 Å². The zero-order chi connectivity index (χ0) is 16.0. The summed E-state index contributed by atoms with van der Waals surface area (Å²) in [7, 11) is 1.59. The summed E-state index contributed by atoms with van der Waals surface area (Å²) in [5, 5.41) is 8.53. The Kier molecular flexibility index (Phi) is 2.94. The predicted molar refractivity (Wildman–Crippen MR) is 85.3 cm³/mol. The number of aromatic nitrogens is 6. The first-order valence-corrected chi connectivity index (χ1v) is 7.16. The maximum Gasteiger partial charge on any atom is 0.215 e. The van der Waals surface area contributed by atoms with E-state index in [0.29, 0.717) is 22.7 Å². The summed E-state index contributed by atoms with van der Waals surface area (Å²) < 4.78 is 7.16. The number of imidazole rings is 1. The molecule has 0 spiro atoms. The maximum atomic E-state index is 5.24. The molecule has 0 unspecified atom stereocenters. The lowest BCUT2D eigenvalue weighted by Gasteiger charge is -2.07. The minimum Gasteiger partial charge on any atom is -0.481 e. The topological polar surface area (TPSA) is 78.1 Å². The van der Waals surface area contributed by atoms with Gasteiger partial charge >= 0.3 is 0 Å². The van der Waals surface area contributed by atoms with Gasteiger partial charge in [0.2, 0.25) is 5.88 Å². The Bertz CT molecular complexity index is 1040. The lowest BCUT2D eigenvalue weighted by molar-refractivity contribution is 0.399. The molecular formula is C16H14N6O. The van der Waals surface area contributed by atoms with Gasteiger partial charge in [-0.15, -0.1) is 10.2 Å². The Hall–Kier alpha value is -3.09. The van der Waals surface area contributed by atoms with E-state index >= 15 is 0 Å². The maximum absolute atomic E-state index is 5.24. The normalized spacial score (nSPS) is 11.3. The van der Waals surface area contributed by atoms with Gasteiger partial charge in [-0.05, 0) is 31.5 Å². The van der Waals surface area contributed by atoms with Crippen LogP contribution in [0.4, 0.5) is 0 Å². The molecule has 0 amide bonds. The molecule has 23 heavy (non-hydrogen) atoms. The summed E-state index contributed by atoms with van der Waals surface area (Å²) in [5.74, 6) is 1.30. The van der Waals surface area contributed by atoms with Gasteiger partial charge < -0.3 is 4.74 Å².